The summed E-state index contributed by atoms with van der Waals surface area (Å²) in [6, 6.07) is 1.78. The summed E-state index contributed by atoms with van der Waals surface area (Å²) in [5.74, 6) is -2.76. The van der Waals surface area contributed by atoms with Crippen molar-refractivity contribution in [2.24, 2.45) is 0 Å². The van der Waals surface area contributed by atoms with Gasteiger partial charge in [-0.05, 0) is 6.07 Å². The molecular weight excluding hydrogens is 272 g/mol. The second-order valence-electron chi connectivity index (χ2n) is 1.81. The van der Waals surface area contributed by atoms with Gasteiger partial charge in [-0.2, -0.15) is 13.2 Å². The molecule has 0 radical (unpaired) electrons. The van der Waals surface area contributed by atoms with Gasteiger partial charge in [0, 0.05) is 12.4 Å². The number of carboxylic acids is 1. The van der Waals surface area contributed by atoms with Crippen molar-refractivity contribution in [3.8, 4) is 0 Å². The maximum absolute atomic E-state index is 10.6. The van der Waals surface area contributed by atoms with Crippen LogP contribution in [-0.4, -0.2) is 32.6 Å². The first kappa shape index (κ1) is 17.3. The van der Waals surface area contributed by atoms with Crippen molar-refractivity contribution in [3.05, 3.63) is 24.8 Å². The van der Waals surface area contributed by atoms with E-state index in [9.17, 15) is 13.2 Å². The Kier molecular flexibility index (Phi) is 11.3. The predicted molar refractivity (Wildman–Crippen MR) is 52.3 cm³/mol. The Hall–Kier alpha value is -1.08. The standard InChI is InChI=1S/C4H4N2.C2HF3O2.CH2Cl2/c1-2-5-4-6-3-1;3-2(4,5)1(6)7;2-1-3/h1-4H;(H,6,7);1H2. The van der Waals surface area contributed by atoms with Crippen LogP contribution in [0.4, 0.5) is 13.2 Å². The maximum Gasteiger partial charge on any atom is 0.490 e. The van der Waals surface area contributed by atoms with Gasteiger partial charge >= 0.3 is 12.1 Å². The molecule has 0 bridgehead atoms. The SMILES string of the molecule is ClCCl.O=C(O)C(F)(F)F.c1cncnc1. The van der Waals surface area contributed by atoms with E-state index in [0.29, 0.717) is 0 Å². The molecule has 1 N–H and O–H groups in total. The number of nitrogens with zero attached hydrogens (tertiary/aromatic N) is 2. The van der Waals surface area contributed by atoms with Gasteiger partial charge in [0.1, 0.15) is 6.33 Å². The first-order valence-corrected chi connectivity index (χ1v) is 4.55. The number of aromatic nitrogens is 2. The van der Waals surface area contributed by atoms with E-state index < -0.39 is 12.1 Å². The highest BCUT2D eigenvalue weighted by Gasteiger charge is 2.38. The summed E-state index contributed by atoms with van der Waals surface area (Å²) in [6.07, 6.45) is -0.208. The molecule has 4 nitrogen and oxygen atoms in total. The number of rotatable bonds is 0. The first-order chi connectivity index (χ1) is 7.36. The van der Waals surface area contributed by atoms with E-state index in [-0.39, 0.29) is 5.34 Å². The van der Waals surface area contributed by atoms with Crippen LogP contribution in [0.15, 0.2) is 24.8 Å². The topological polar surface area (TPSA) is 63.1 Å². The normalized spacial score (nSPS) is 9.06. The molecule has 1 aromatic heterocycles. The van der Waals surface area contributed by atoms with Gasteiger partial charge in [0.05, 0.1) is 5.34 Å². The Labute approximate surface area is 99.0 Å². The Morgan fingerprint density at radius 2 is 1.56 bits per heavy atom. The van der Waals surface area contributed by atoms with Gasteiger partial charge in [0.2, 0.25) is 0 Å². The van der Waals surface area contributed by atoms with Crippen LogP contribution >= 0.6 is 23.2 Å². The van der Waals surface area contributed by atoms with Gasteiger partial charge in [-0.25, -0.2) is 14.8 Å². The molecule has 0 unspecified atom stereocenters. The minimum absolute atomic E-state index is 0.194. The van der Waals surface area contributed by atoms with Crippen LogP contribution in [0.1, 0.15) is 0 Å². The highest BCUT2D eigenvalue weighted by atomic mass is 35.5. The van der Waals surface area contributed by atoms with Gasteiger partial charge in [0.15, 0.2) is 0 Å². The van der Waals surface area contributed by atoms with Crippen LogP contribution in [0.2, 0.25) is 0 Å². The van der Waals surface area contributed by atoms with Gasteiger partial charge in [-0.1, -0.05) is 0 Å². The molecule has 1 heterocycles. The number of alkyl halides is 5. The van der Waals surface area contributed by atoms with Crippen molar-refractivity contribution in [3.63, 3.8) is 0 Å². The molecule has 0 saturated carbocycles. The van der Waals surface area contributed by atoms with Gasteiger partial charge < -0.3 is 5.11 Å². The average molecular weight is 279 g/mol. The molecule has 0 fully saturated rings. The lowest BCUT2D eigenvalue weighted by atomic mass is 10.7. The van der Waals surface area contributed by atoms with E-state index in [0.717, 1.165) is 0 Å². The number of hydrogen-bond acceptors (Lipinski definition) is 3. The van der Waals surface area contributed by atoms with Crippen LogP contribution in [0.25, 0.3) is 0 Å². The molecule has 1 aromatic rings. The van der Waals surface area contributed by atoms with Crippen molar-refractivity contribution < 1.29 is 23.1 Å². The summed E-state index contributed by atoms with van der Waals surface area (Å²) in [5, 5.41) is 7.32. The molecule has 0 spiro atoms. The molecule has 92 valence electrons. The number of hydrogen-bond donors (Lipinski definition) is 1. The largest absolute Gasteiger partial charge is 0.490 e. The lowest BCUT2D eigenvalue weighted by Gasteiger charge is -1.93. The van der Waals surface area contributed by atoms with E-state index in [1.165, 1.54) is 6.33 Å². The zero-order chi connectivity index (χ0) is 13.0. The average Bonchev–Trinajstić information content (AvgIpc) is 2.21. The minimum Gasteiger partial charge on any atom is -0.475 e. The van der Waals surface area contributed by atoms with Crippen LogP contribution in [0.5, 0.6) is 0 Å². The molecule has 1 rings (SSSR count). The molecule has 16 heavy (non-hydrogen) atoms. The lowest BCUT2D eigenvalue weighted by molar-refractivity contribution is -0.192. The number of carboxylic acid groups (broad SMARTS) is 1. The second-order valence-corrected chi connectivity index (χ2v) is 2.62. The van der Waals surface area contributed by atoms with E-state index >= 15 is 0 Å². The maximum atomic E-state index is 10.6. The van der Waals surface area contributed by atoms with Gasteiger partial charge in [-0.3, -0.25) is 0 Å². The Morgan fingerprint density at radius 3 is 1.62 bits per heavy atom. The third kappa shape index (κ3) is 15.4. The van der Waals surface area contributed by atoms with Crippen molar-refractivity contribution in [1.29, 1.82) is 0 Å². The molecule has 0 aliphatic rings. The minimum atomic E-state index is -5.08. The molecule has 0 aromatic carbocycles. The molecule has 0 atom stereocenters. The predicted octanol–water partition coefficient (Wildman–Crippen LogP) is 2.53. The first-order valence-electron chi connectivity index (χ1n) is 3.48. The molecule has 0 aliphatic carbocycles. The smallest absolute Gasteiger partial charge is 0.475 e. The Morgan fingerprint density at radius 1 is 1.25 bits per heavy atom. The number of carbonyl (C=O) groups is 1. The molecular formula is C7H7Cl2F3N2O2. The number of aliphatic carboxylic acids is 1. The summed E-state index contributed by atoms with van der Waals surface area (Å²) in [5.41, 5.74) is 0. The van der Waals surface area contributed by atoms with Crippen molar-refractivity contribution >= 4 is 29.2 Å². The van der Waals surface area contributed by atoms with E-state index in [4.69, 9.17) is 33.1 Å². The third-order valence-corrected chi connectivity index (χ3v) is 0.720. The molecule has 0 aliphatic heterocycles. The second kappa shape index (κ2) is 10.4. The quantitative estimate of drug-likeness (QED) is 0.741. The Bertz CT molecular complexity index is 245. The van der Waals surface area contributed by atoms with Crippen molar-refractivity contribution in [2.75, 3.05) is 5.34 Å². The molecule has 0 saturated heterocycles. The lowest BCUT2D eigenvalue weighted by Crippen LogP contribution is -2.21. The zero-order valence-electron chi connectivity index (χ0n) is 7.66. The number of halogens is 5. The summed E-state index contributed by atoms with van der Waals surface area (Å²) >= 11 is 9.53. The Balaban J connectivity index is 0. The summed E-state index contributed by atoms with van der Waals surface area (Å²) in [6.45, 7) is 0. The van der Waals surface area contributed by atoms with Gasteiger partial charge in [-0.15, -0.1) is 23.2 Å². The highest BCUT2D eigenvalue weighted by Crippen LogP contribution is 2.13. The molecule has 0 amide bonds. The fraction of sp³-hybridized carbons (Fsp3) is 0.286. The molecule has 9 heteroatoms. The summed E-state index contributed by atoms with van der Waals surface area (Å²) in [4.78, 5) is 16.2. The van der Waals surface area contributed by atoms with E-state index in [1.54, 1.807) is 18.5 Å². The fourth-order valence-corrected chi connectivity index (χ4v) is 0.253. The van der Waals surface area contributed by atoms with E-state index in [2.05, 4.69) is 9.97 Å². The van der Waals surface area contributed by atoms with Crippen LogP contribution in [0.3, 0.4) is 0 Å². The summed E-state index contributed by atoms with van der Waals surface area (Å²) < 4.78 is 31.7. The summed E-state index contributed by atoms with van der Waals surface area (Å²) in [7, 11) is 0. The van der Waals surface area contributed by atoms with Crippen LogP contribution < -0.4 is 0 Å². The van der Waals surface area contributed by atoms with Crippen LogP contribution in [-0.2, 0) is 4.79 Å². The van der Waals surface area contributed by atoms with E-state index in [1.807, 2.05) is 0 Å². The fourth-order valence-electron chi connectivity index (χ4n) is 0.253. The van der Waals surface area contributed by atoms with Gasteiger partial charge in [0.25, 0.3) is 0 Å². The highest BCUT2D eigenvalue weighted by molar-refractivity contribution is 6.40. The third-order valence-electron chi connectivity index (χ3n) is 0.720. The van der Waals surface area contributed by atoms with Crippen LogP contribution in [0, 0.1) is 0 Å². The van der Waals surface area contributed by atoms with Crippen molar-refractivity contribution in [2.45, 2.75) is 6.18 Å². The monoisotopic (exact) mass is 278 g/mol. The zero-order valence-corrected chi connectivity index (χ0v) is 9.17. The van der Waals surface area contributed by atoms with Crippen molar-refractivity contribution in [1.82, 2.24) is 9.97 Å².